The molecule has 3 heterocycles. The van der Waals surface area contributed by atoms with Gasteiger partial charge >= 0.3 is 0 Å². The van der Waals surface area contributed by atoms with Crippen molar-refractivity contribution in [3.63, 3.8) is 0 Å². The monoisotopic (exact) mass is 267 g/mol. The van der Waals surface area contributed by atoms with Gasteiger partial charge in [-0.3, -0.25) is 4.79 Å². The summed E-state index contributed by atoms with van der Waals surface area (Å²) in [6, 6.07) is 0.471. The van der Waals surface area contributed by atoms with Crippen LogP contribution in [-0.2, 0) is 9.53 Å². The normalized spacial score (nSPS) is 34.4. The van der Waals surface area contributed by atoms with Crippen molar-refractivity contribution in [2.75, 3.05) is 32.8 Å². The minimum Gasteiger partial charge on any atom is -0.377 e. The zero-order chi connectivity index (χ0) is 13.2. The highest BCUT2D eigenvalue weighted by molar-refractivity contribution is 5.79. The maximum atomic E-state index is 11.9. The summed E-state index contributed by atoms with van der Waals surface area (Å²) in [4.78, 5) is 16.4. The number of ether oxygens (including phenoxy) is 1. The van der Waals surface area contributed by atoms with Crippen LogP contribution in [0.3, 0.4) is 0 Å². The molecule has 0 aromatic carbocycles. The number of amides is 1. The first-order valence-electron chi connectivity index (χ1n) is 7.61. The molecular weight excluding hydrogens is 242 g/mol. The summed E-state index contributed by atoms with van der Waals surface area (Å²) < 4.78 is 5.69. The lowest BCUT2D eigenvalue weighted by Gasteiger charge is -2.37. The van der Waals surface area contributed by atoms with E-state index >= 15 is 0 Å². The van der Waals surface area contributed by atoms with Crippen LogP contribution >= 0.6 is 0 Å². The van der Waals surface area contributed by atoms with E-state index in [9.17, 15) is 4.79 Å². The minimum atomic E-state index is 0.0532. The molecule has 0 radical (unpaired) electrons. The van der Waals surface area contributed by atoms with E-state index in [1.165, 1.54) is 12.8 Å². The molecule has 0 spiro atoms. The Labute approximate surface area is 115 Å². The first-order valence-corrected chi connectivity index (χ1v) is 7.61. The number of hydrogen-bond donors (Lipinski definition) is 1. The third-order valence-electron chi connectivity index (χ3n) is 4.67. The van der Waals surface area contributed by atoms with Gasteiger partial charge < -0.3 is 20.3 Å². The lowest BCUT2D eigenvalue weighted by molar-refractivity contribution is -0.130. The van der Waals surface area contributed by atoms with Crippen LogP contribution in [0.1, 0.15) is 32.1 Å². The topological polar surface area (TPSA) is 58.8 Å². The second-order valence-corrected chi connectivity index (χ2v) is 6.18. The van der Waals surface area contributed by atoms with E-state index in [0.29, 0.717) is 18.6 Å². The smallest absolute Gasteiger partial charge is 0.224 e. The SMILES string of the molecule is NC1CC(=O)N(C2CCN(CC3CCCO3)CC2)C1. The second-order valence-electron chi connectivity index (χ2n) is 6.18. The van der Waals surface area contributed by atoms with E-state index in [-0.39, 0.29) is 11.9 Å². The predicted molar refractivity (Wildman–Crippen MR) is 72.7 cm³/mol. The third-order valence-corrected chi connectivity index (χ3v) is 4.67. The highest BCUT2D eigenvalue weighted by Gasteiger charge is 2.34. The maximum Gasteiger partial charge on any atom is 0.224 e. The lowest BCUT2D eigenvalue weighted by atomic mass is 10.0. The highest BCUT2D eigenvalue weighted by Crippen LogP contribution is 2.23. The van der Waals surface area contributed by atoms with E-state index in [1.54, 1.807) is 0 Å². The Kier molecular flexibility index (Phi) is 4.05. The lowest BCUT2D eigenvalue weighted by Crippen LogP contribution is -2.47. The Morgan fingerprint density at radius 2 is 2.05 bits per heavy atom. The fraction of sp³-hybridized carbons (Fsp3) is 0.929. The molecule has 0 bridgehead atoms. The number of hydrogen-bond acceptors (Lipinski definition) is 4. The Balaban J connectivity index is 1.45. The molecule has 2 N–H and O–H groups in total. The van der Waals surface area contributed by atoms with Gasteiger partial charge in [-0.05, 0) is 25.7 Å². The van der Waals surface area contributed by atoms with Gasteiger partial charge in [0.05, 0.1) is 6.10 Å². The Hall–Kier alpha value is -0.650. The van der Waals surface area contributed by atoms with Gasteiger partial charge in [-0.15, -0.1) is 0 Å². The molecule has 5 heteroatoms. The maximum absolute atomic E-state index is 11.9. The quantitative estimate of drug-likeness (QED) is 0.793. The zero-order valence-electron chi connectivity index (χ0n) is 11.6. The third kappa shape index (κ3) is 3.09. The van der Waals surface area contributed by atoms with Gasteiger partial charge in [-0.2, -0.15) is 0 Å². The predicted octanol–water partition coefficient (Wildman–Crippen LogP) is 0.189. The number of nitrogens with zero attached hydrogens (tertiary/aromatic N) is 2. The summed E-state index contributed by atoms with van der Waals surface area (Å²) in [5.74, 6) is 0.255. The number of nitrogens with two attached hydrogens (primary N) is 1. The van der Waals surface area contributed by atoms with Crippen molar-refractivity contribution in [2.45, 2.75) is 50.3 Å². The molecule has 2 unspecified atom stereocenters. The Morgan fingerprint density at radius 3 is 2.63 bits per heavy atom. The van der Waals surface area contributed by atoms with Crippen LogP contribution in [0, 0.1) is 0 Å². The molecule has 3 fully saturated rings. The van der Waals surface area contributed by atoms with E-state index in [4.69, 9.17) is 10.5 Å². The molecule has 3 saturated heterocycles. The minimum absolute atomic E-state index is 0.0532. The van der Waals surface area contributed by atoms with Gasteiger partial charge in [0.2, 0.25) is 5.91 Å². The number of carbonyl (C=O) groups excluding carboxylic acids is 1. The molecule has 108 valence electrons. The fourth-order valence-corrected chi connectivity index (χ4v) is 3.60. The van der Waals surface area contributed by atoms with Crippen molar-refractivity contribution < 1.29 is 9.53 Å². The van der Waals surface area contributed by atoms with Crippen LogP contribution < -0.4 is 5.73 Å². The van der Waals surface area contributed by atoms with Gasteiger partial charge in [0.25, 0.3) is 0 Å². The van der Waals surface area contributed by atoms with Gasteiger partial charge in [0, 0.05) is 51.3 Å². The van der Waals surface area contributed by atoms with E-state index in [0.717, 1.165) is 45.6 Å². The van der Waals surface area contributed by atoms with Crippen LogP contribution in [0.25, 0.3) is 0 Å². The zero-order valence-corrected chi connectivity index (χ0v) is 11.6. The molecule has 0 aromatic rings. The number of likely N-dealkylation sites (tertiary alicyclic amines) is 2. The van der Waals surface area contributed by atoms with Crippen LogP contribution in [-0.4, -0.2) is 66.7 Å². The van der Waals surface area contributed by atoms with Crippen LogP contribution in [0.4, 0.5) is 0 Å². The van der Waals surface area contributed by atoms with Crippen LogP contribution in [0.2, 0.25) is 0 Å². The molecule has 0 saturated carbocycles. The molecular formula is C14H25N3O2. The number of rotatable bonds is 3. The molecule has 3 aliphatic rings. The molecule has 3 rings (SSSR count). The van der Waals surface area contributed by atoms with Crippen LogP contribution in [0.5, 0.6) is 0 Å². The molecule has 5 nitrogen and oxygen atoms in total. The Morgan fingerprint density at radius 1 is 1.26 bits per heavy atom. The molecule has 0 aromatic heterocycles. The first-order chi connectivity index (χ1) is 9.22. The molecule has 2 atom stereocenters. The van der Waals surface area contributed by atoms with E-state index < -0.39 is 0 Å². The second kappa shape index (κ2) is 5.77. The van der Waals surface area contributed by atoms with E-state index in [2.05, 4.69) is 4.90 Å². The van der Waals surface area contributed by atoms with Crippen molar-refractivity contribution in [3.05, 3.63) is 0 Å². The summed E-state index contributed by atoms with van der Waals surface area (Å²) in [6.45, 7) is 4.93. The molecule has 1 amide bonds. The molecule has 0 aliphatic carbocycles. The fourth-order valence-electron chi connectivity index (χ4n) is 3.60. The Bertz CT molecular complexity index is 323. The summed E-state index contributed by atoms with van der Waals surface area (Å²) in [5, 5.41) is 0. The van der Waals surface area contributed by atoms with Gasteiger partial charge in [0.15, 0.2) is 0 Å². The largest absolute Gasteiger partial charge is 0.377 e. The summed E-state index contributed by atoms with van der Waals surface area (Å²) in [5.41, 5.74) is 5.87. The summed E-state index contributed by atoms with van der Waals surface area (Å²) in [7, 11) is 0. The molecule has 3 aliphatic heterocycles. The highest BCUT2D eigenvalue weighted by atomic mass is 16.5. The van der Waals surface area contributed by atoms with Crippen molar-refractivity contribution in [3.8, 4) is 0 Å². The average molecular weight is 267 g/mol. The summed E-state index contributed by atoms with van der Waals surface area (Å²) >= 11 is 0. The van der Waals surface area contributed by atoms with Crippen LogP contribution in [0.15, 0.2) is 0 Å². The van der Waals surface area contributed by atoms with Gasteiger partial charge in [-0.1, -0.05) is 0 Å². The number of carbonyl (C=O) groups is 1. The molecule has 19 heavy (non-hydrogen) atoms. The van der Waals surface area contributed by atoms with Crippen molar-refractivity contribution in [2.24, 2.45) is 5.73 Å². The average Bonchev–Trinajstić information content (AvgIpc) is 3.00. The van der Waals surface area contributed by atoms with Gasteiger partial charge in [-0.25, -0.2) is 0 Å². The number of piperidine rings is 1. The van der Waals surface area contributed by atoms with Crippen molar-refractivity contribution in [1.29, 1.82) is 0 Å². The summed E-state index contributed by atoms with van der Waals surface area (Å²) in [6.07, 6.45) is 5.58. The van der Waals surface area contributed by atoms with E-state index in [1.807, 2.05) is 4.90 Å². The van der Waals surface area contributed by atoms with Crippen molar-refractivity contribution in [1.82, 2.24) is 9.80 Å². The van der Waals surface area contributed by atoms with Gasteiger partial charge in [0.1, 0.15) is 0 Å². The first kappa shape index (κ1) is 13.3. The standard InChI is InChI=1S/C14H25N3O2/c15-11-8-14(18)17(9-11)12-3-5-16(6-4-12)10-13-2-1-7-19-13/h11-13H,1-10,15H2. The van der Waals surface area contributed by atoms with Crippen molar-refractivity contribution >= 4 is 5.91 Å².